The summed E-state index contributed by atoms with van der Waals surface area (Å²) in [5, 5.41) is 7.27. The molecule has 39 heavy (non-hydrogen) atoms. The molecule has 0 aliphatic rings. The minimum atomic E-state index is -4.51. The second-order valence-corrected chi connectivity index (χ2v) is 9.35. The van der Waals surface area contributed by atoms with E-state index in [0.29, 0.717) is 24.2 Å². The van der Waals surface area contributed by atoms with Crippen LogP contribution in [0.4, 0.5) is 18.9 Å². The summed E-state index contributed by atoms with van der Waals surface area (Å²) in [5.41, 5.74) is 1.60. The van der Waals surface area contributed by atoms with Crippen molar-refractivity contribution in [2.45, 2.75) is 32.9 Å². The minimum Gasteiger partial charge on any atom is -0.497 e. The third kappa shape index (κ3) is 7.37. The van der Waals surface area contributed by atoms with Crippen molar-refractivity contribution < 1.29 is 27.4 Å². The molecule has 4 aromatic rings. The number of amides is 1. The largest absolute Gasteiger partial charge is 0.497 e. The third-order valence-electron chi connectivity index (χ3n) is 5.81. The fraction of sp³-hybridized carbons (Fsp3) is 0.276. The number of carbonyl (C=O) groups excluding carboxylic acids is 1. The smallest absolute Gasteiger partial charge is 0.416 e. The maximum absolute atomic E-state index is 13.4. The van der Waals surface area contributed by atoms with Gasteiger partial charge in [0.2, 0.25) is 5.91 Å². The van der Waals surface area contributed by atoms with E-state index in [-0.39, 0.29) is 35.8 Å². The van der Waals surface area contributed by atoms with Gasteiger partial charge in [0.1, 0.15) is 5.75 Å². The van der Waals surface area contributed by atoms with Crippen LogP contribution in [0.15, 0.2) is 72.8 Å². The van der Waals surface area contributed by atoms with Crippen LogP contribution in [0.5, 0.6) is 11.8 Å². The molecule has 0 spiro atoms. The van der Waals surface area contributed by atoms with Crippen molar-refractivity contribution in [2.24, 2.45) is 5.92 Å². The molecule has 7 nitrogen and oxygen atoms in total. The molecule has 0 aliphatic carbocycles. The molecule has 0 unspecified atom stereocenters. The first-order valence-corrected chi connectivity index (χ1v) is 12.4. The summed E-state index contributed by atoms with van der Waals surface area (Å²) in [6, 6.07) is 19.3. The van der Waals surface area contributed by atoms with E-state index in [1.165, 1.54) is 16.8 Å². The average molecular weight is 539 g/mol. The van der Waals surface area contributed by atoms with Crippen LogP contribution in [-0.4, -0.2) is 34.4 Å². The molecule has 0 bridgehead atoms. The van der Waals surface area contributed by atoms with Gasteiger partial charge in [-0.15, -0.1) is 5.10 Å². The van der Waals surface area contributed by atoms with E-state index in [2.05, 4.69) is 15.4 Å². The van der Waals surface area contributed by atoms with Crippen molar-refractivity contribution in [3.63, 3.8) is 0 Å². The van der Waals surface area contributed by atoms with E-state index in [4.69, 9.17) is 9.47 Å². The Morgan fingerprint density at radius 3 is 2.38 bits per heavy atom. The number of anilines is 1. The number of benzene rings is 3. The molecule has 0 atom stereocenters. The Labute approximate surface area is 224 Å². The van der Waals surface area contributed by atoms with Crippen LogP contribution >= 0.6 is 0 Å². The number of methoxy groups -OCH3 is 1. The molecule has 0 saturated heterocycles. The lowest BCUT2D eigenvalue weighted by atomic mass is 10.1. The van der Waals surface area contributed by atoms with Crippen molar-refractivity contribution in [1.82, 2.24) is 14.8 Å². The number of alkyl halides is 3. The minimum absolute atomic E-state index is 0.0326. The van der Waals surface area contributed by atoms with Gasteiger partial charge in [-0.1, -0.05) is 38.1 Å². The van der Waals surface area contributed by atoms with Crippen molar-refractivity contribution in [2.75, 3.05) is 19.0 Å². The highest BCUT2D eigenvalue weighted by atomic mass is 19.4. The third-order valence-corrected chi connectivity index (χ3v) is 5.81. The van der Waals surface area contributed by atoms with E-state index in [9.17, 15) is 18.0 Å². The predicted molar refractivity (Wildman–Crippen MR) is 142 cm³/mol. The van der Waals surface area contributed by atoms with Crippen molar-refractivity contribution in [3.05, 3.63) is 83.9 Å². The first kappa shape index (κ1) is 27.7. The lowest BCUT2D eigenvalue weighted by molar-refractivity contribution is -0.137. The molecule has 1 aromatic heterocycles. The van der Waals surface area contributed by atoms with Gasteiger partial charge in [-0.3, -0.25) is 4.79 Å². The summed E-state index contributed by atoms with van der Waals surface area (Å²) in [5.74, 6) is 1.06. The van der Waals surface area contributed by atoms with Crippen LogP contribution in [0.2, 0.25) is 0 Å². The Bertz CT molecular complexity index is 1400. The number of nitrogens with zero attached hydrogens (tertiary/aromatic N) is 3. The van der Waals surface area contributed by atoms with E-state index in [1.54, 1.807) is 31.4 Å². The predicted octanol–water partition coefficient (Wildman–Crippen LogP) is 6.57. The lowest BCUT2D eigenvalue weighted by Crippen LogP contribution is -2.13. The molecule has 0 fully saturated rings. The number of halogens is 3. The van der Waals surface area contributed by atoms with Crippen molar-refractivity contribution >= 4 is 11.6 Å². The molecule has 204 valence electrons. The van der Waals surface area contributed by atoms with Crippen molar-refractivity contribution in [1.29, 1.82) is 0 Å². The average Bonchev–Trinajstić information content (AvgIpc) is 3.33. The molecule has 4 rings (SSSR count). The zero-order valence-electron chi connectivity index (χ0n) is 21.8. The summed E-state index contributed by atoms with van der Waals surface area (Å²) >= 11 is 0. The second kappa shape index (κ2) is 12.0. The fourth-order valence-electron chi connectivity index (χ4n) is 3.88. The van der Waals surface area contributed by atoms with Gasteiger partial charge in [0.05, 0.1) is 25.0 Å². The SMILES string of the molecule is COc1ccc(CCOc2nc(-c3cccc(C(F)(F)F)c3)n(-c3ccc(NC(=O)CC(C)C)cc3)n2)cc1. The number of aromatic nitrogens is 3. The van der Waals surface area contributed by atoms with Gasteiger partial charge >= 0.3 is 12.2 Å². The first-order chi connectivity index (χ1) is 18.6. The normalized spacial score (nSPS) is 11.5. The van der Waals surface area contributed by atoms with E-state index >= 15 is 0 Å². The Balaban J connectivity index is 1.59. The molecule has 0 saturated carbocycles. The monoisotopic (exact) mass is 538 g/mol. The summed E-state index contributed by atoms with van der Waals surface area (Å²) in [6.45, 7) is 4.18. The standard InChI is InChI=1S/C29H29F3N4O3/c1-19(2)17-26(37)33-23-9-11-24(12-10-23)36-27(21-5-4-6-22(18-21)29(30,31)32)34-28(35-36)39-16-15-20-7-13-25(38-3)14-8-20/h4-14,18-19H,15-17H2,1-3H3,(H,33,37). The quantitative estimate of drug-likeness (QED) is 0.247. The van der Waals surface area contributed by atoms with Crippen molar-refractivity contribution in [3.8, 4) is 28.8 Å². The summed E-state index contributed by atoms with van der Waals surface area (Å²) in [7, 11) is 1.60. The molecular weight excluding hydrogens is 509 g/mol. The van der Waals surface area contributed by atoms with Crippen LogP contribution in [0, 0.1) is 5.92 Å². The van der Waals surface area contributed by atoms with Gasteiger partial charge in [0, 0.05) is 24.1 Å². The molecule has 1 amide bonds. The molecule has 1 heterocycles. The maximum Gasteiger partial charge on any atom is 0.416 e. The van der Waals surface area contributed by atoms with Gasteiger partial charge in [-0.25, -0.2) is 4.68 Å². The van der Waals surface area contributed by atoms with Gasteiger partial charge in [0.15, 0.2) is 5.82 Å². The zero-order valence-corrected chi connectivity index (χ0v) is 21.8. The highest BCUT2D eigenvalue weighted by Gasteiger charge is 2.31. The Hall–Kier alpha value is -4.34. The van der Waals surface area contributed by atoms with E-state index in [1.807, 2.05) is 38.1 Å². The van der Waals surface area contributed by atoms with Crippen LogP contribution in [0.3, 0.4) is 0 Å². The van der Waals surface area contributed by atoms with Gasteiger partial charge < -0.3 is 14.8 Å². The van der Waals surface area contributed by atoms with Crippen LogP contribution in [-0.2, 0) is 17.4 Å². The summed E-state index contributed by atoms with van der Waals surface area (Å²) in [6.07, 6.45) is -3.54. The molecule has 0 radical (unpaired) electrons. The van der Waals surface area contributed by atoms with Gasteiger partial charge in [0.25, 0.3) is 0 Å². The number of hydrogen-bond donors (Lipinski definition) is 1. The molecular formula is C29H29F3N4O3. The highest BCUT2D eigenvalue weighted by Crippen LogP contribution is 2.33. The number of rotatable bonds is 10. The lowest BCUT2D eigenvalue weighted by Gasteiger charge is -2.11. The van der Waals surface area contributed by atoms with Crippen LogP contribution in [0.25, 0.3) is 17.1 Å². The highest BCUT2D eigenvalue weighted by molar-refractivity contribution is 5.90. The first-order valence-electron chi connectivity index (χ1n) is 12.4. The maximum atomic E-state index is 13.4. The molecule has 1 N–H and O–H groups in total. The number of hydrogen-bond acceptors (Lipinski definition) is 5. The Morgan fingerprint density at radius 2 is 1.74 bits per heavy atom. The van der Waals surface area contributed by atoms with Gasteiger partial charge in [-0.05, 0) is 60.0 Å². The molecule has 3 aromatic carbocycles. The Kier molecular flexibility index (Phi) is 8.53. The second-order valence-electron chi connectivity index (χ2n) is 9.35. The van der Waals surface area contributed by atoms with Gasteiger partial charge in [-0.2, -0.15) is 18.2 Å². The zero-order chi connectivity index (χ0) is 28.0. The number of ether oxygens (including phenoxy) is 2. The van der Waals surface area contributed by atoms with E-state index < -0.39 is 11.7 Å². The molecule has 10 heteroatoms. The molecule has 0 aliphatic heterocycles. The van der Waals surface area contributed by atoms with Crippen LogP contribution < -0.4 is 14.8 Å². The fourth-order valence-corrected chi connectivity index (χ4v) is 3.88. The topological polar surface area (TPSA) is 78.3 Å². The number of carbonyl (C=O) groups is 1. The summed E-state index contributed by atoms with van der Waals surface area (Å²) in [4.78, 5) is 16.5. The number of nitrogens with one attached hydrogen (secondary N) is 1. The summed E-state index contributed by atoms with van der Waals surface area (Å²) < 4.78 is 52.6. The van der Waals surface area contributed by atoms with E-state index in [0.717, 1.165) is 23.4 Å². The Morgan fingerprint density at radius 1 is 1.03 bits per heavy atom. The van der Waals surface area contributed by atoms with Crippen LogP contribution in [0.1, 0.15) is 31.4 Å².